The van der Waals surface area contributed by atoms with Gasteiger partial charge in [0.05, 0.1) is 10.6 Å². The summed E-state index contributed by atoms with van der Waals surface area (Å²) in [5, 5.41) is 12.3. The fraction of sp³-hybridized carbons (Fsp3) is 0.360. The van der Waals surface area contributed by atoms with Crippen molar-refractivity contribution in [2.75, 3.05) is 26.7 Å². The molecule has 2 heterocycles. The van der Waals surface area contributed by atoms with Crippen LogP contribution < -0.4 is 0 Å². The summed E-state index contributed by atoms with van der Waals surface area (Å²) in [6, 6.07) is 15.8. The van der Waals surface area contributed by atoms with Gasteiger partial charge in [0.2, 0.25) is 0 Å². The Morgan fingerprint density at radius 3 is 2.61 bits per heavy atom. The van der Waals surface area contributed by atoms with Gasteiger partial charge in [-0.25, -0.2) is 0 Å². The van der Waals surface area contributed by atoms with Crippen LogP contribution in [0.1, 0.15) is 29.6 Å². The summed E-state index contributed by atoms with van der Waals surface area (Å²) in [6.45, 7) is 3.96. The first kappa shape index (κ1) is 21.7. The Morgan fingerprint density at radius 2 is 1.90 bits per heavy atom. The topological polar surface area (TPSA) is 57.8 Å². The van der Waals surface area contributed by atoms with Crippen LogP contribution in [0.3, 0.4) is 0 Å². The van der Waals surface area contributed by atoms with Crippen molar-refractivity contribution in [2.24, 2.45) is 10.9 Å². The van der Waals surface area contributed by atoms with Gasteiger partial charge in [-0.2, -0.15) is 0 Å². The summed E-state index contributed by atoms with van der Waals surface area (Å²) in [5.41, 5.74) is 1.39. The Bertz CT molecular complexity index is 1050. The molecular formula is C25H29N3O2S. The van der Waals surface area contributed by atoms with Crippen molar-refractivity contribution in [2.45, 2.75) is 30.7 Å². The number of aryl methyl sites for hydroxylation is 1. The number of thioether (sulfide) groups is 1. The van der Waals surface area contributed by atoms with E-state index in [9.17, 15) is 9.90 Å². The van der Waals surface area contributed by atoms with Crippen LogP contribution in [-0.2, 0) is 6.54 Å². The molecule has 2 aromatic carbocycles. The van der Waals surface area contributed by atoms with Gasteiger partial charge in [-0.05, 0) is 57.1 Å². The average Bonchev–Trinajstić information content (AvgIpc) is 3.18. The van der Waals surface area contributed by atoms with E-state index in [1.807, 2.05) is 29.9 Å². The molecule has 5 nitrogen and oxygen atoms in total. The molecule has 0 radical (unpaired) electrons. The van der Waals surface area contributed by atoms with E-state index in [2.05, 4.69) is 34.2 Å². The highest BCUT2D eigenvalue weighted by molar-refractivity contribution is 8.14. The number of benzene rings is 2. The molecule has 1 aliphatic rings. The first-order valence-corrected chi connectivity index (χ1v) is 11.7. The quantitative estimate of drug-likeness (QED) is 0.243. The van der Waals surface area contributed by atoms with E-state index in [-0.39, 0.29) is 5.75 Å². The van der Waals surface area contributed by atoms with Crippen molar-refractivity contribution in [3.05, 3.63) is 60.3 Å². The second-order valence-corrected chi connectivity index (χ2v) is 9.11. The minimum atomic E-state index is 0.230. The molecule has 0 bridgehead atoms. The maximum atomic E-state index is 11.4. The molecule has 162 valence electrons. The van der Waals surface area contributed by atoms with Crippen LogP contribution in [0.5, 0.6) is 5.75 Å². The number of hydrogen-bond acceptors (Lipinski definition) is 5. The minimum absolute atomic E-state index is 0.230. The summed E-state index contributed by atoms with van der Waals surface area (Å²) >= 11 is 1.79. The highest BCUT2D eigenvalue weighted by Gasteiger charge is 2.23. The van der Waals surface area contributed by atoms with Crippen LogP contribution in [0.4, 0.5) is 0 Å². The van der Waals surface area contributed by atoms with Gasteiger partial charge in [-0.15, -0.1) is 0 Å². The van der Waals surface area contributed by atoms with Gasteiger partial charge in [0.25, 0.3) is 0 Å². The monoisotopic (exact) mass is 435 g/mol. The second-order valence-electron chi connectivity index (χ2n) is 8.02. The number of aliphatic imine (C=N–C) groups is 1. The Morgan fingerprint density at radius 1 is 1.13 bits per heavy atom. The lowest BCUT2D eigenvalue weighted by Crippen LogP contribution is -2.36. The van der Waals surface area contributed by atoms with E-state index in [0.717, 1.165) is 62.6 Å². The molecule has 0 aliphatic carbocycles. The molecular weight excluding hydrogens is 406 g/mol. The normalized spacial score (nSPS) is 16.1. The average molecular weight is 436 g/mol. The SMILES string of the molecule is CN=C(Sc1ccccc1)C1CCN(CCCn2cc(C=O)c3cccc(O)c32)CC1. The van der Waals surface area contributed by atoms with Crippen LogP contribution in [0.15, 0.2) is 64.6 Å². The summed E-state index contributed by atoms with van der Waals surface area (Å²) in [6.07, 6.45) is 5.97. The number of hydrogen-bond donors (Lipinski definition) is 1. The molecule has 31 heavy (non-hydrogen) atoms. The van der Waals surface area contributed by atoms with Gasteiger partial charge in [0.15, 0.2) is 6.29 Å². The van der Waals surface area contributed by atoms with Crippen molar-refractivity contribution in [1.29, 1.82) is 0 Å². The molecule has 1 N–H and O–H groups in total. The predicted molar refractivity (Wildman–Crippen MR) is 128 cm³/mol. The number of carbonyl (C=O) groups excluding carboxylic acids is 1. The second kappa shape index (κ2) is 10.2. The van der Waals surface area contributed by atoms with E-state index >= 15 is 0 Å². The fourth-order valence-corrected chi connectivity index (χ4v) is 5.46. The number of aromatic nitrogens is 1. The third-order valence-electron chi connectivity index (χ3n) is 6.03. The summed E-state index contributed by atoms with van der Waals surface area (Å²) in [7, 11) is 1.90. The fourth-order valence-electron chi connectivity index (χ4n) is 4.43. The molecule has 0 saturated carbocycles. The zero-order valence-electron chi connectivity index (χ0n) is 17.9. The molecule has 3 aromatic rings. The number of rotatable bonds is 7. The predicted octanol–water partition coefficient (Wildman–Crippen LogP) is 5.08. The molecule has 0 spiro atoms. The van der Waals surface area contributed by atoms with Gasteiger partial charge < -0.3 is 14.6 Å². The van der Waals surface area contributed by atoms with Gasteiger partial charge in [-0.1, -0.05) is 42.1 Å². The zero-order chi connectivity index (χ0) is 21.6. The number of likely N-dealkylation sites (tertiary alicyclic amines) is 1. The maximum Gasteiger partial charge on any atom is 0.152 e. The van der Waals surface area contributed by atoms with Crippen molar-refractivity contribution in [3.63, 3.8) is 0 Å². The lowest BCUT2D eigenvalue weighted by molar-refractivity contribution is 0.112. The van der Waals surface area contributed by atoms with Crippen LogP contribution in [-0.4, -0.2) is 52.6 Å². The standard InChI is InChI=1S/C25H29N3O2S/c1-26-25(31-21-7-3-2-4-8-21)19-11-15-27(16-12-19)13-6-14-28-17-20(18-29)22-9-5-10-23(30)24(22)28/h2-5,7-10,17-19,30H,6,11-16H2,1H3. The summed E-state index contributed by atoms with van der Waals surface area (Å²) < 4.78 is 2.01. The first-order valence-electron chi connectivity index (χ1n) is 10.9. The summed E-state index contributed by atoms with van der Waals surface area (Å²) in [5.74, 6) is 0.764. The molecule has 1 aliphatic heterocycles. The lowest BCUT2D eigenvalue weighted by atomic mass is 9.98. The smallest absolute Gasteiger partial charge is 0.152 e. The van der Waals surface area contributed by atoms with Crippen LogP contribution in [0.25, 0.3) is 10.9 Å². The van der Waals surface area contributed by atoms with Crippen molar-refractivity contribution >= 4 is 34.0 Å². The molecule has 0 amide bonds. The number of carbonyl (C=O) groups is 1. The first-order chi connectivity index (χ1) is 15.2. The third kappa shape index (κ3) is 5.02. The van der Waals surface area contributed by atoms with E-state index in [1.165, 1.54) is 9.94 Å². The highest BCUT2D eigenvalue weighted by atomic mass is 32.2. The number of phenolic OH excluding ortho intramolecular Hbond substituents is 1. The van der Waals surface area contributed by atoms with Crippen LogP contribution in [0.2, 0.25) is 0 Å². The van der Waals surface area contributed by atoms with Crippen molar-refractivity contribution in [3.8, 4) is 5.75 Å². The Kier molecular flexibility index (Phi) is 7.10. The van der Waals surface area contributed by atoms with Gasteiger partial charge in [0, 0.05) is 41.6 Å². The number of aldehydes is 1. The number of piperidine rings is 1. The third-order valence-corrected chi connectivity index (χ3v) is 7.26. The number of aromatic hydroxyl groups is 1. The zero-order valence-corrected chi connectivity index (χ0v) is 18.7. The largest absolute Gasteiger partial charge is 0.506 e. The van der Waals surface area contributed by atoms with Gasteiger partial charge in [0.1, 0.15) is 5.75 Å². The van der Waals surface area contributed by atoms with E-state index in [4.69, 9.17) is 0 Å². The highest BCUT2D eigenvalue weighted by Crippen LogP contribution is 2.30. The van der Waals surface area contributed by atoms with E-state index < -0.39 is 0 Å². The van der Waals surface area contributed by atoms with E-state index in [0.29, 0.717) is 11.5 Å². The minimum Gasteiger partial charge on any atom is -0.506 e. The molecule has 4 rings (SSSR count). The number of fused-ring (bicyclic) bond motifs is 1. The lowest BCUT2D eigenvalue weighted by Gasteiger charge is -2.32. The Hall–Kier alpha value is -2.57. The molecule has 0 atom stereocenters. The number of phenols is 1. The molecule has 1 saturated heterocycles. The Balaban J connectivity index is 1.29. The molecule has 1 fully saturated rings. The maximum absolute atomic E-state index is 11.4. The number of nitrogens with zero attached hydrogens (tertiary/aromatic N) is 3. The summed E-state index contributed by atoms with van der Waals surface area (Å²) in [4.78, 5) is 19.7. The number of para-hydroxylation sites is 1. The molecule has 6 heteroatoms. The van der Waals surface area contributed by atoms with Crippen molar-refractivity contribution in [1.82, 2.24) is 9.47 Å². The van der Waals surface area contributed by atoms with Crippen molar-refractivity contribution < 1.29 is 9.90 Å². The van der Waals surface area contributed by atoms with Crippen LogP contribution >= 0.6 is 11.8 Å². The molecule has 0 unspecified atom stereocenters. The Labute approximate surface area is 187 Å². The van der Waals surface area contributed by atoms with Gasteiger partial charge >= 0.3 is 0 Å². The van der Waals surface area contributed by atoms with Gasteiger partial charge in [-0.3, -0.25) is 9.79 Å². The molecule has 1 aromatic heterocycles. The van der Waals surface area contributed by atoms with Crippen LogP contribution in [0, 0.1) is 5.92 Å². The van der Waals surface area contributed by atoms with E-state index in [1.54, 1.807) is 23.9 Å².